The Labute approximate surface area is 121 Å². The Morgan fingerprint density at radius 2 is 2.26 bits per heavy atom. The van der Waals surface area contributed by atoms with E-state index in [1.807, 2.05) is 6.07 Å². The number of piperidine rings is 1. The van der Waals surface area contributed by atoms with Gasteiger partial charge in [0.2, 0.25) is 0 Å². The number of amides is 1. The Balaban J connectivity index is 1.61. The third-order valence-corrected chi connectivity index (χ3v) is 4.56. The monoisotopic (exact) mass is 323 g/mol. The van der Waals surface area contributed by atoms with E-state index in [1.54, 1.807) is 12.4 Å². The van der Waals surface area contributed by atoms with E-state index in [1.165, 1.54) is 19.4 Å². The van der Waals surface area contributed by atoms with E-state index in [0.717, 1.165) is 23.9 Å². The lowest BCUT2D eigenvalue weighted by Gasteiger charge is -2.35. The van der Waals surface area contributed by atoms with Crippen molar-refractivity contribution in [2.24, 2.45) is 0 Å². The molecule has 5 heteroatoms. The number of nitrogens with zero attached hydrogens (tertiary/aromatic N) is 2. The Hall–Kier alpha value is -0.940. The van der Waals surface area contributed by atoms with Gasteiger partial charge in [0, 0.05) is 35.5 Å². The van der Waals surface area contributed by atoms with Crippen molar-refractivity contribution >= 4 is 21.8 Å². The number of pyridine rings is 1. The molecule has 2 fully saturated rings. The highest BCUT2D eigenvalue weighted by atomic mass is 79.9. The van der Waals surface area contributed by atoms with Crippen molar-refractivity contribution in [2.45, 2.75) is 37.8 Å². The average Bonchev–Trinajstić information content (AvgIpc) is 2.86. The summed E-state index contributed by atoms with van der Waals surface area (Å²) in [6.07, 6.45) is 8.04. The Bertz CT molecular complexity index is 480. The van der Waals surface area contributed by atoms with Gasteiger partial charge in [-0.2, -0.15) is 0 Å². The minimum Gasteiger partial charge on any atom is -0.349 e. The summed E-state index contributed by atoms with van der Waals surface area (Å²) >= 11 is 3.34. The van der Waals surface area contributed by atoms with Crippen molar-refractivity contribution in [1.29, 1.82) is 0 Å². The molecule has 1 amide bonds. The topological polar surface area (TPSA) is 45.2 Å². The fourth-order valence-electron chi connectivity index (χ4n) is 3.16. The highest BCUT2D eigenvalue weighted by molar-refractivity contribution is 9.10. The zero-order chi connectivity index (χ0) is 13.2. The van der Waals surface area contributed by atoms with E-state index >= 15 is 0 Å². The van der Waals surface area contributed by atoms with Gasteiger partial charge in [0.25, 0.3) is 5.91 Å². The highest BCUT2D eigenvalue weighted by Gasteiger charge is 2.32. The van der Waals surface area contributed by atoms with Gasteiger partial charge < -0.3 is 10.2 Å². The molecule has 0 radical (unpaired) electrons. The van der Waals surface area contributed by atoms with Gasteiger partial charge in [-0.15, -0.1) is 0 Å². The number of nitrogens with one attached hydrogen (secondary N) is 1. The summed E-state index contributed by atoms with van der Waals surface area (Å²) in [6.45, 7) is 2.35. The number of carbonyl (C=O) groups is 1. The largest absolute Gasteiger partial charge is 0.349 e. The van der Waals surface area contributed by atoms with Crippen LogP contribution in [-0.4, -0.2) is 41.0 Å². The molecule has 0 aliphatic carbocycles. The number of fused-ring (bicyclic) bond motifs is 1. The van der Waals surface area contributed by atoms with E-state index < -0.39 is 0 Å². The van der Waals surface area contributed by atoms with Crippen molar-refractivity contribution in [1.82, 2.24) is 15.2 Å². The first kappa shape index (κ1) is 13.1. The molecule has 0 spiro atoms. The third-order valence-electron chi connectivity index (χ3n) is 4.12. The summed E-state index contributed by atoms with van der Waals surface area (Å²) in [7, 11) is 0. The number of rotatable bonds is 2. The van der Waals surface area contributed by atoms with Crippen LogP contribution in [0.25, 0.3) is 0 Å². The Morgan fingerprint density at radius 3 is 3.11 bits per heavy atom. The maximum Gasteiger partial charge on any atom is 0.253 e. The molecule has 1 aromatic heterocycles. The molecule has 1 N–H and O–H groups in total. The van der Waals surface area contributed by atoms with Gasteiger partial charge in [-0.25, -0.2) is 0 Å². The van der Waals surface area contributed by atoms with Gasteiger partial charge in [0.05, 0.1) is 5.56 Å². The van der Waals surface area contributed by atoms with E-state index in [-0.39, 0.29) is 5.91 Å². The standard InChI is InChI=1S/C14H18BrN3O/c15-11-6-10(8-16-9-11)14(19)17-12-3-5-18-4-1-2-13(18)7-12/h6,8-9,12-13H,1-5,7H2,(H,17,19). The lowest BCUT2D eigenvalue weighted by molar-refractivity contribution is 0.0896. The minimum atomic E-state index is -0.00903. The molecular weight excluding hydrogens is 306 g/mol. The molecular formula is C14H18BrN3O. The lowest BCUT2D eigenvalue weighted by Crippen LogP contribution is -2.47. The zero-order valence-corrected chi connectivity index (χ0v) is 12.4. The maximum atomic E-state index is 12.2. The van der Waals surface area contributed by atoms with Crippen LogP contribution in [0.1, 0.15) is 36.0 Å². The van der Waals surface area contributed by atoms with Crippen LogP contribution in [0.4, 0.5) is 0 Å². The SMILES string of the molecule is O=C(NC1CCN2CCCC2C1)c1cncc(Br)c1. The van der Waals surface area contributed by atoms with E-state index in [2.05, 4.69) is 31.1 Å². The van der Waals surface area contributed by atoms with Crippen molar-refractivity contribution < 1.29 is 4.79 Å². The first-order chi connectivity index (χ1) is 9.22. The van der Waals surface area contributed by atoms with Crippen molar-refractivity contribution in [3.8, 4) is 0 Å². The van der Waals surface area contributed by atoms with Gasteiger partial charge in [-0.3, -0.25) is 9.78 Å². The molecule has 19 heavy (non-hydrogen) atoms. The molecule has 0 saturated carbocycles. The van der Waals surface area contributed by atoms with E-state index in [9.17, 15) is 4.79 Å². The summed E-state index contributed by atoms with van der Waals surface area (Å²) in [5.41, 5.74) is 0.628. The van der Waals surface area contributed by atoms with Crippen LogP contribution in [0.2, 0.25) is 0 Å². The minimum absolute atomic E-state index is 0.00903. The van der Waals surface area contributed by atoms with E-state index in [0.29, 0.717) is 17.6 Å². The number of carbonyl (C=O) groups excluding carboxylic acids is 1. The fraction of sp³-hybridized carbons (Fsp3) is 0.571. The van der Waals surface area contributed by atoms with Crippen molar-refractivity contribution in [3.63, 3.8) is 0 Å². The summed E-state index contributed by atoms with van der Waals surface area (Å²) < 4.78 is 0.839. The summed E-state index contributed by atoms with van der Waals surface area (Å²) in [6, 6.07) is 2.80. The molecule has 3 heterocycles. The summed E-state index contributed by atoms with van der Waals surface area (Å²) in [5, 5.41) is 3.15. The Kier molecular flexibility index (Phi) is 3.84. The second kappa shape index (κ2) is 5.59. The predicted molar refractivity (Wildman–Crippen MR) is 77.0 cm³/mol. The lowest BCUT2D eigenvalue weighted by atomic mass is 9.97. The summed E-state index contributed by atoms with van der Waals surface area (Å²) in [4.78, 5) is 18.8. The van der Waals surface area contributed by atoms with Crippen LogP contribution < -0.4 is 5.32 Å². The molecule has 2 aliphatic heterocycles. The number of hydrogen-bond acceptors (Lipinski definition) is 3. The molecule has 3 rings (SSSR count). The van der Waals surface area contributed by atoms with Gasteiger partial charge in [0.1, 0.15) is 0 Å². The second-order valence-corrected chi connectivity index (χ2v) is 6.33. The molecule has 0 bridgehead atoms. The zero-order valence-electron chi connectivity index (χ0n) is 10.8. The number of aromatic nitrogens is 1. The molecule has 1 aromatic rings. The maximum absolute atomic E-state index is 12.2. The van der Waals surface area contributed by atoms with Crippen LogP contribution in [0, 0.1) is 0 Å². The van der Waals surface area contributed by atoms with Gasteiger partial charge in [-0.05, 0) is 54.2 Å². The molecule has 4 nitrogen and oxygen atoms in total. The van der Waals surface area contributed by atoms with Crippen molar-refractivity contribution in [2.75, 3.05) is 13.1 Å². The predicted octanol–water partition coefficient (Wildman–Crippen LogP) is 2.20. The van der Waals surface area contributed by atoms with E-state index in [4.69, 9.17) is 0 Å². The average molecular weight is 324 g/mol. The van der Waals surface area contributed by atoms with Crippen LogP contribution in [0.15, 0.2) is 22.9 Å². The normalized spacial score (nSPS) is 27.0. The first-order valence-electron chi connectivity index (χ1n) is 6.88. The van der Waals surface area contributed by atoms with Gasteiger partial charge in [-0.1, -0.05) is 0 Å². The van der Waals surface area contributed by atoms with Crippen molar-refractivity contribution in [3.05, 3.63) is 28.5 Å². The molecule has 0 aromatic carbocycles. The number of halogens is 1. The Morgan fingerprint density at radius 1 is 1.37 bits per heavy atom. The fourth-order valence-corrected chi connectivity index (χ4v) is 3.53. The van der Waals surface area contributed by atoms with Crippen LogP contribution in [0.3, 0.4) is 0 Å². The summed E-state index contributed by atoms with van der Waals surface area (Å²) in [5.74, 6) is -0.00903. The molecule has 102 valence electrons. The van der Waals surface area contributed by atoms with Crippen LogP contribution in [-0.2, 0) is 0 Å². The molecule has 2 saturated heterocycles. The molecule has 2 aliphatic rings. The van der Waals surface area contributed by atoms with Crippen LogP contribution in [0.5, 0.6) is 0 Å². The van der Waals surface area contributed by atoms with Gasteiger partial charge in [0.15, 0.2) is 0 Å². The number of hydrogen-bond donors (Lipinski definition) is 1. The third kappa shape index (κ3) is 2.98. The van der Waals surface area contributed by atoms with Crippen LogP contribution >= 0.6 is 15.9 Å². The molecule has 2 atom stereocenters. The van der Waals surface area contributed by atoms with Gasteiger partial charge >= 0.3 is 0 Å². The highest BCUT2D eigenvalue weighted by Crippen LogP contribution is 2.27. The second-order valence-electron chi connectivity index (χ2n) is 5.42. The quantitative estimate of drug-likeness (QED) is 0.907. The smallest absolute Gasteiger partial charge is 0.253 e. The molecule has 2 unspecified atom stereocenters. The first-order valence-corrected chi connectivity index (χ1v) is 7.67.